The molecular formula is C14H16N2O2. The Labute approximate surface area is 106 Å². The molecule has 1 aromatic heterocycles. The summed E-state index contributed by atoms with van der Waals surface area (Å²) in [5, 5.41) is 6.56. The van der Waals surface area contributed by atoms with Crippen LogP contribution in [0, 0.1) is 0 Å². The van der Waals surface area contributed by atoms with Crippen LogP contribution in [0.1, 0.15) is 35.5 Å². The number of rotatable bonds is 4. The molecule has 0 unspecified atom stereocenters. The van der Waals surface area contributed by atoms with E-state index < -0.39 is 0 Å². The van der Waals surface area contributed by atoms with E-state index in [1.807, 2.05) is 18.2 Å². The van der Waals surface area contributed by atoms with Gasteiger partial charge >= 0.3 is 0 Å². The normalized spacial score (nSPS) is 10.3. The van der Waals surface area contributed by atoms with E-state index in [1.54, 1.807) is 6.07 Å². The van der Waals surface area contributed by atoms with Crippen molar-refractivity contribution in [1.29, 1.82) is 0 Å². The number of nitrogens with one attached hydrogen (secondary N) is 1. The summed E-state index contributed by atoms with van der Waals surface area (Å²) in [6.07, 6.45) is 3.14. The molecule has 0 bridgehead atoms. The Bertz CT molecular complexity index is 510. The molecule has 0 aliphatic carbocycles. The summed E-state index contributed by atoms with van der Waals surface area (Å²) in [6.45, 7) is 4.14. The third-order valence-corrected chi connectivity index (χ3v) is 2.91. The summed E-state index contributed by atoms with van der Waals surface area (Å²) in [5.41, 5.74) is 3.45. The highest BCUT2D eigenvalue weighted by atomic mass is 16.5. The van der Waals surface area contributed by atoms with Crippen LogP contribution in [-0.4, -0.2) is 11.1 Å². The summed E-state index contributed by atoms with van der Waals surface area (Å²) >= 11 is 0. The predicted octanol–water partition coefficient (Wildman–Crippen LogP) is 3.05. The van der Waals surface area contributed by atoms with E-state index in [9.17, 15) is 4.79 Å². The lowest BCUT2D eigenvalue weighted by molar-refractivity contribution is 0.101. The number of hydrogen-bond acceptors (Lipinski definition) is 3. The first kappa shape index (κ1) is 12.4. The molecule has 1 N–H and O–H groups in total. The SMILES string of the molecule is CCc1cccc(CC)c1NC(=O)c1ccon1. The topological polar surface area (TPSA) is 55.1 Å². The van der Waals surface area contributed by atoms with E-state index in [-0.39, 0.29) is 5.91 Å². The average Bonchev–Trinajstić information content (AvgIpc) is 2.93. The van der Waals surface area contributed by atoms with Gasteiger partial charge in [-0.3, -0.25) is 4.79 Å². The molecule has 1 amide bonds. The molecule has 0 spiro atoms. The fourth-order valence-corrected chi connectivity index (χ4v) is 1.91. The fraction of sp³-hybridized carbons (Fsp3) is 0.286. The largest absolute Gasteiger partial charge is 0.364 e. The number of aryl methyl sites for hydroxylation is 2. The van der Waals surface area contributed by atoms with Crippen molar-refractivity contribution in [3.63, 3.8) is 0 Å². The standard InChI is InChI=1S/C14H16N2O2/c1-3-10-6-5-7-11(4-2)13(10)15-14(17)12-8-9-18-16-12/h5-9H,3-4H2,1-2H3,(H,15,17). The van der Waals surface area contributed by atoms with Gasteiger partial charge in [-0.1, -0.05) is 37.2 Å². The van der Waals surface area contributed by atoms with Crippen molar-refractivity contribution in [3.8, 4) is 0 Å². The number of anilines is 1. The van der Waals surface area contributed by atoms with Crippen LogP contribution in [-0.2, 0) is 12.8 Å². The molecule has 1 aromatic carbocycles. The van der Waals surface area contributed by atoms with Gasteiger partial charge in [-0.05, 0) is 24.0 Å². The van der Waals surface area contributed by atoms with Crippen molar-refractivity contribution < 1.29 is 9.32 Å². The Hall–Kier alpha value is -2.10. The average molecular weight is 244 g/mol. The highest BCUT2D eigenvalue weighted by molar-refractivity contribution is 6.03. The molecule has 0 atom stereocenters. The van der Waals surface area contributed by atoms with Gasteiger partial charge in [-0.15, -0.1) is 0 Å². The summed E-state index contributed by atoms with van der Waals surface area (Å²) < 4.78 is 4.68. The molecule has 0 radical (unpaired) electrons. The molecule has 1 heterocycles. The number of aromatic nitrogens is 1. The van der Waals surface area contributed by atoms with Gasteiger partial charge in [0.15, 0.2) is 5.69 Å². The second-order valence-electron chi connectivity index (χ2n) is 4.00. The number of benzene rings is 1. The Morgan fingerprint density at radius 3 is 2.39 bits per heavy atom. The zero-order valence-electron chi connectivity index (χ0n) is 10.6. The third-order valence-electron chi connectivity index (χ3n) is 2.91. The maximum atomic E-state index is 12.0. The monoisotopic (exact) mass is 244 g/mol. The molecule has 18 heavy (non-hydrogen) atoms. The quantitative estimate of drug-likeness (QED) is 0.899. The molecule has 4 heteroatoms. The minimum absolute atomic E-state index is 0.237. The van der Waals surface area contributed by atoms with E-state index in [0.29, 0.717) is 5.69 Å². The number of para-hydroxylation sites is 1. The molecule has 4 nitrogen and oxygen atoms in total. The van der Waals surface area contributed by atoms with Crippen molar-refractivity contribution in [2.75, 3.05) is 5.32 Å². The Kier molecular flexibility index (Phi) is 3.77. The Morgan fingerprint density at radius 1 is 1.22 bits per heavy atom. The van der Waals surface area contributed by atoms with Gasteiger partial charge < -0.3 is 9.84 Å². The van der Waals surface area contributed by atoms with Crippen molar-refractivity contribution in [3.05, 3.63) is 47.3 Å². The molecule has 94 valence electrons. The van der Waals surface area contributed by atoms with Crippen molar-refractivity contribution >= 4 is 11.6 Å². The first-order chi connectivity index (χ1) is 8.76. The first-order valence-corrected chi connectivity index (χ1v) is 6.08. The molecular weight excluding hydrogens is 228 g/mol. The fourth-order valence-electron chi connectivity index (χ4n) is 1.91. The molecule has 2 rings (SSSR count). The number of amides is 1. The highest BCUT2D eigenvalue weighted by Gasteiger charge is 2.13. The second kappa shape index (κ2) is 5.49. The van der Waals surface area contributed by atoms with Crippen LogP contribution in [0.5, 0.6) is 0 Å². The number of nitrogens with zero attached hydrogens (tertiary/aromatic N) is 1. The van der Waals surface area contributed by atoms with E-state index >= 15 is 0 Å². The molecule has 0 aliphatic rings. The lowest BCUT2D eigenvalue weighted by Crippen LogP contribution is -2.15. The van der Waals surface area contributed by atoms with Gasteiger partial charge in [-0.2, -0.15) is 0 Å². The minimum Gasteiger partial charge on any atom is -0.364 e. The van der Waals surface area contributed by atoms with Crippen LogP contribution in [0.15, 0.2) is 35.1 Å². The first-order valence-electron chi connectivity index (χ1n) is 6.08. The van der Waals surface area contributed by atoms with Gasteiger partial charge in [-0.25, -0.2) is 0 Å². The summed E-state index contributed by atoms with van der Waals surface area (Å²) in [7, 11) is 0. The lowest BCUT2D eigenvalue weighted by Gasteiger charge is -2.13. The highest BCUT2D eigenvalue weighted by Crippen LogP contribution is 2.23. The minimum atomic E-state index is -0.237. The van der Waals surface area contributed by atoms with Gasteiger partial charge in [0.1, 0.15) is 6.26 Å². The third kappa shape index (κ3) is 2.42. The Morgan fingerprint density at radius 2 is 1.89 bits per heavy atom. The molecule has 0 saturated heterocycles. The second-order valence-corrected chi connectivity index (χ2v) is 4.00. The number of carbonyl (C=O) groups excluding carboxylic acids is 1. The number of carbonyl (C=O) groups is 1. The maximum absolute atomic E-state index is 12.0. The van der Waals surface area contributed by atoms with Gasteiger partial charge in [0.25, 0.3) is 5.91 Å². The van der Waals surface area contributed by atoms with Crippen LogP contribution in [0.4, 0.5) is 5.69 Å². The van der Waals surface area contributed by atoms with Crippen molar-refractivity contribution in [2.45, 2.75) is 26.7 Å². The van der Waals surface area contributed by atoms with Crippen LogP contribution >= 0.6 is 0 Å². The summed E-state index contributed by atoms with van der Waals surface area (Å²) in [6, 6.07) is 7.62. The maximum Gasteiger partial charge on any atom is 0.277 e. The van der Waals surface area contributed by atoms with Crippen LogP contribution in [0.25, 0.3) is 0 Å². The van der Waals surface area contributed by atoms with Gasteiger partial charge in [0, 0.05) is 11.8 Å². The van der Waals surface area contributed by atoms with Crippen LogP contribution < -0.4 is 5.32 Å². The Balaban J connectivity index is 2.30. The zero-order valence-corrected chi connectivity index (χ0v) is 10.6. The predicted molar refractivity (Wildman–Crippen MR) is 69.7 cm³/mol. The van der Waals surface area contributed by atoms with Crippen LogP contribution in [0.3, 0.4) is 0 Å². The van der Waals surface area contributed by atoms with Gasteiger partial charge in [0.05, 0.1) is 0 Å². The smallest absolute Gasteiger partial charge is 0.277 e. The molecule has 0 saturated carbocycles. The molecule has 0 fully saturated rings. The molecule has 2 aromatic rings. The van der Waals surface area contributed by atoms with Gasteiger partial charge in [0.2, 0.25) is 0 Å². The van der Waals surface area contributed by atoms with Crippen molar-refractivity contribution in [2.24, 2.45) is 0 Å². The van der Waals surface area contributed by atoms with Crippen LogP contribution in [0.2, 0.25) is 0 Å². The van der Waals surface area contributed by atoms with E-state index in [4.69, 9.17) is 0 Å². The zero-order chi connectivity index (χ0) is 13.0. The summed E-state index contributed by atoms with van der Waals surface area (Å²) in [4.78, 5) is 12.0. The number of hydrogen-bond donors (Lipinski definition) is 1. The summed E-state index contributed by atoms with van der Waals surface area (Å²) in [5.74, 6) is -0.237. The van der Waals surface area contributed by atoms with E-state index in [1.165, 1.54) is 6.26 Å². The molecule has 0 aliphatic heterocycles. The lowest BCUT2D eigenvalue weighted by atomic mass is 10.0. The van der Waals surface area contributed by atoms with E-state index in [2.05, 4.69) is 28.8 Å². The van der Waals surface area contributed by atoms with Crippen molar-refractivity contribution in [1.82, 2.24) is 5.16 Å². The van der Waals surface area contributed by atoms with E-state index in [0.717, 1.165) is 29.7 Å².